The molecule has 31 heavy (non-hydrogen) atoms. The second kappa shape index (κ2) is 8.80. The summed E-state index contributed by atoms with van der Waals surface area (Å²) in [5.74, 6) is 5.63. The van der Waals surface area contributed by atoms with Gasteiger partial charge in [0.05, 0.1) is 17.6 Å². The van der Waals surface area contributed by atoms with Crippen LogP contribution in [0.25, 0.3) is 11.3 Å². The maximum atomic E-state index is 11.8. The third kappa shape index (κ3) is 4.52. The van der Waals surface area contributed by atoms with Gasteiger partial charge in [-0.05, 0) is 36.4 Å². The maximum absolute atomic E-state index is 11.8. The molecular weight excluding hydrogens is 400 g/mol. The third-order valence-corrected chi connectivity index (χ3v) is 4.24. The number of rotatable bonds is 8. The molecule has 4 aromatic rings. The van der Waals surface area contributed by atoms with Crippen molar-refractivity contribution in [2.45, 2.75) is 0 Å². The van der Waals surface area contributed by atoms with Gasteiger partial charge in [-0.3, -0.25) is 10.6 Å². The number of aromatic nitrogens is 3. The van der Waals surface area contributed by atoms with E-state index in [-0.39, 0.29) is 17.4 Å². The Labute approximate surface area is 176 Å². The normalized spacial score (nSPS) is 10.4. The molecule has 2 aromatic carbocycles. The molecule has 0 aliphatic rings. The van der Waals surface area contributed by atoms with E-state index < -0.39 is 5.91 Å². The van der Waals surface area contributed by atoms with Crippen molar-refractivity contribution < 1.29 is 14.2 Å². The first-order chi connectivity index (χ1) is 15.1. The first-order valence-corrected chi connectivity index (χ1v) is 9.07. The maximum Gasteiger partial charge on any atom is 0.344 e. The molecule has 2 heterocycles. The highest BCUT2D eigenvalue weighted by molar-refractivity contribution is 5.98. The van der Waals surface area contributed by atoms with Crippen molar-refractivity contribution in [3.05, 3.63) is 72.6 Å². The zero-order valence-electron chi connectivity index (χ0n) is 16.1. The summed E-state index contributed by atoms with van der Waals surface area (Å²) in [5.41, 5.74) is 13.5. The number of nitrogen functional groups attached to an aromatic ring is 1. The molecule has 1 amide bonds. The Balaban J connectivity index is 1.54. The number of carbonyl (C=O) groups is 1. The van der Waals surface area contributed by atoms with Crippen molar-refractivity contribution in [2.24, 2.45) is 11.6 Å². The van der Waals surface area contributed by atoms with Crippen molar-refractivity contribution in [3.63, 3.8) is 0 Å². The van der Waals surface area contributed by atoms with Crippen molar-refractivity contribution in [1.82, 2.24) is 15.1 Å². The number of primary amides is 1. The van der Waals surface area contributed by atoms with Crippen LogP contribution >= 0.6 is 0 Å². The fraction of sp³-hybridized carbons (Fsp3) is 0. The van der Waals surface area contributed by atoms with E-state index in [9.17, 15) is 4.79 Å². The number of para-hydroxylation sites is 2. The van der Waals surface area contributed by atoms with Gasteiger partial charge in [0.25, 0.3) is 5.91 Å². The lowest BCUT2D eigenvalue weighted by atomic mass is 10.1. The molecule has 0 saturated carbocycles. The number of benzene rings is 2. The second-order valence-corrected chi connectivity index (χ2v) is 6.25. The van der Waals surface area contributed by atoms with Crippen molar-refractivity contribution >= 4 is 28.8 Å². The third-order valence-electron chi connectivity index (χ3n) is 4.24. The van der Waals surface area contributed by atoms with E-state index in [4.69, 9.17) is 20.9 Å². The molecule has 0 saturated heterocycles. The van der Waals surface area contributed by atoms with E-state index in [2.05, 4.69) is 31.3 Å². The molecule has 4 rings (SSSR count). The Morgan fingerprint density at radius 3 is 2.48 bits per heavy atom. The average molecular weight is 418 g/mol. The van der Waals surface area contributed by atoms with Gasteiger partial charge in [-0.25, -0.2) is 10.5 Å². The van der Waals surface area contributed by atoms with Gasteiger partial charge >= 0.3 is 6.01 Å². The van der Waals surface area contributed by atoms with Crippen LogP contribution in [0.3, 0.4) is 0 Å². The predicted octanol–water partition coefficient (Wildman–Crippen LogP) is 2.67. The van der Waals surface area contributed by atoms with Crippen LogP contribution in [0.15, 0.2) is 71.5 Å². The largest absolute Gasteiger partial charge is 0.365 e. The number of amides is 1. The summed E-state index contributed by atoms with van der Waals surface area (Å²) in [4.78, 5) is 25.5. The smallest absolute Gasteiger partial charge is 0.344 e. The van der Waals surface area contributed by atoms with Crippen LogP contribution < -0.4 is 32.6 Å². The first kappa shape index (κ1) is 19.7. The fourth-order valence-electron chi connectivity index (χ4n) is 2.71. The Kier molecular flexibility index (Phi) is 5.58. The summed E-state index contributed by atoms with van der Waals surface area (Å²) in [5, 5.41) is 6.74. The van der Waals surface area contributed by atoms with E-state index in [0.717, 1.165) is 5.56 Å². The number of hydrazine groups is 1. The van der Waals surface area contributed by atoms with Gasteiger partial charge < -0.3 is 25.8 Å². The molecule has 0 aliphatic heterocycles. The zero-order valence-corrected chi connectivity index (χ0v) is 16.1. The summed E-state index contributed by atoms with van der Waals surface area (Å²) in [6.07, 6.45) is 2.85. The summed E-state index contributed by atoms with van der Waals surface area (Å²) < 4.78 is 5.14. The Hall–Kier alpha value is -4.64. The van der Waals surface area contributed by atoms with E-state index in [0.29, 0.717) is 22.8 Å². The lowest BCUT2D eigenvalue weighted by Gasteiger charge is -2.13. The molecule has 0 bridgehead atoms. The minimum Gasteiger partial charge on any atom is -0.365 e. The van der Waals surface area contributed by atoms with Crippen LogP contribution in [0.4, 0.5) is 22.9 Å². The number of nitrogens with two attached hydrogens (primary N) is 2. The highest BCUT2D eigenvalue weighted by Gasteiger charge is 2.14. The Morgan fingerprint density at radius 1 is 1.03 bits per heavy atom. The first-order valence-electron chi connectivity index (χ1n) is 9.07. The van der Waals surface area contributed by atoms with E-state index in [1.165, 1.54) is 6.20 Å². The molecule has 11 nitrogen and oxygen atoms in total. The molecule has 7 N–H and O–H groups in total. The van der Waals surface area contributed by atoms with Crippen LogP contribution in [0, 0.1) is 0 Å². The Morgan fingerprint density at radius 2 is 1.81 bits per heavy atom. The highest BCUT2D eigenvalue weighted by Crippen LogP contribution is 2.25. The molecule has 0 atom stereocenters. The van der Waals surface area contributed by atoms with Crippen LogP contribution in [0.1, 0.15) is 10.4 Å². The lowest BCUT2D eigenvalue weighted by molar-refractivity contribution is 0.100. The zero-order chi connectivity index (χ0) is 21.6. The SMILES string of the molecule is NNc1ccccc1NOc1ncc(C(N)=O)c(Nc2ccc(-c3ccno3)cc2)n1. The van der Waals surface area contributed by atoms with E-state index in [1.54, 1.807) is 42.6 Å². The van der Waals surface area contributed by atoms with Gasteiger partial charge in [0.2, 0.25) is 0 Å². The topological polar surface area (TPSA) is 166 Å². The van der Waals surface area contributed by atoms with Crippen LogP contribution in [-0.2, 0) is 0 Å². The highest BCUT2D eigenvalue weighted by atomic mass is 16.7. The minimum absolute atomic E-state index is 0.0300. The fourth-order valence-corrected chi connectivity index (χ4v) is 2.71. The molecular formula is C20H18N8O3. The van der Waals surface area contributed by atoms with Gasteiger partial charge in [-0.1, -0.05) is 17.3 Å². The summed E-state index contributed by atoms with van der Waals surface area (Å²) in [6, 6.07) is 16.1. The van der Waals surface area contributed by atoms with Gasteiger partial charge in [-0.15, -0.1) is 0 Å². The molecule has 2 aromatic heterocycles. The van der Waals surface area contributed by atoms with Gasteiger partial charge in [0, 0.05) is 23.5 Å². The molecule has 156 valence electrons. The number of nitrogens with zero attached hydrogens (tertiary/aromatic N) is 3. The molecule has 0 unspecified atom stereocenters. The standard InChI is InChI=1S/C20H18N8O3/c21-18(29)14-11-23-20(31-28-16-4-2-1-3-15(16)27-22)26-19(14)25-13-7-5-12(6-8-13)17-9-10-24-30-17/h1-11,27-28H,22H2,(H2,21,29)(H,23,25,26). The predicted molar refractivity (Wildman–Crippen MR) is 114 cm³/mol. The number of anilines is 4. The van der Waals surface area contributed by atoms with Crippen LogP contribution in [0.5, 0.6) is 6.01 Å². The molecule has 0 aliphatic carbocycles. The van der Waals surface area contributed by atoms with Crippen molar-refractivity contribution in [2.75, 3.05) is 16.2 Å². The van der Waals surface area contributed by atoms with Gasteiger partial charge in [0.15, 0.2) is 11.6 Å². The monoisotopic (exact) mass is 418 g/mol. The van der Waals surface area contributed by atoms with E-state index in [1.807, 2.05) is 18.2 Å². The molecule has 0 fully saturated rings. The van der Waals surface area contributed by atoms with Crippen molar-refractivity contribution in [3.8, 4) is 17.3 Å². The van der Waals surface area contributed by atoms with E-state index >= 15 is 0 Å². The number of carbonyl (C=O) groups excluding carboxylic acids is 1. The quantitative estimate of drug-likeness (QED) is 0.212. The molecule has 0 radical (unpaired) electrons. The summed E-state index contributed by atoms with van der Waals surface area (Å²) in [6.45, 7) is 0. The number of hydrogen-bond acceptors (Lipinski definition) is 10. The number of hydrogen-bond donors (Lipinski definition) is 5. The van der Waals surface area contributed by atoms with Crippen LogP contribution in [-0.4, -0.2) is 21.0 Å². The van der Waals surface area contributed by atoms with Gasteiger partial charge in [-0.2, -0.15) is 4.98 Å². The number of nitrogens with one attached hydrogen (secondary N) is 3. The summed E-state index contributed by atoms with van der Waals surface area (Å²) >= 11 is 0. The summed E-state index contributed by atoms with van der Waals surface area (Å²) in [7, 11) is 0. The molecule has 11 heteroatoms. The van der Waals surface area contributed by atoms with Crippen molar-refractivity contribution in [1.29, 1.82) is 0 Å². The van der Waals surface area contributed by atoms with Crippen LogP contribution in [0.2, 0.25) is 0 Å². The average Bonchev–Trinajstić information content (AvgIpc) is 3.33. The second-order valence-electron chi connectivity index (χ2n) is 6.25. The Bertz CT molecular complexity index is 1180. The van der Waals surface area contributed by atoms with Gasteiger partial charge in [0.1, 0.15) is 5.56 Å². The lowest BCUT2D eigenvalue weighted by Crippen LogP contribution is -2.17. The minimum atomic E-state index is -0.682. The molecule has 0 spiro atoms.